The molecule has 0 aliphatic heterocycles. The molecule has 2 aromatic heterocycles. The summed E-state index contributed by atoms with van der Waals surface area (Å²) in [6.07, 6.45) is 0. The molecule has 2 heterocycles. The molecule has 0 aromatic carbocycles. The van der Waals surface area contributed by atoms with E-state index in [-0.39, 0.29) is 5.41 Å². The second-order valence-corrected chi connectivity index (χ2v) is 7.72. The van der Waals surface area contributed by atoms with Gasteiger partial charge >= 0.3 is 0 Å². The fraction of sp³-hybridized carbons (Fsp3) is 0.625. The lowest BCUT2D eigenvalue weighted by molar-refractivity contribution is 0.553. The Hall–Kier alpha value is -1.43. The van der Waals surface area contributed by atoms with Crippen LogP contribution < -0.4 is 0 Å². The molecule has 0 aliphatic rings. The van der Waals surface area contributed by atoms with Crippen molar-refractivity contribution in [2.45, 2.75) is 76.5 Å². The number of rotatable bonds is 4. The summed E-state index contributed by atoms with van der Waals surface area (Å²) in [6.45, 7) is 15.7. The summed E-state index contributed by atoms with van der Waals surface area (Å²) in [5, 5.41) is 10.2. The van der Waals surface area contributed by atoms with Crippen LogP contribution in [0.25, 0.3) is 0 Å². The van der Waals surface area contributed by atoms with Gasteiger partial charge in [-0.2, -0.15) is 0 Å². The van der Waals surface area contributed by atoms with Crippen LogP contribution in [0.5, 0.6) is 0 Å². The Balaban J connectivity index is 2.44. The van der Waals surface area contributed by atoms with Crippen LogP contribution in [0.4, 0.5) is 0 Å². The topological polar surface area (TPSA) is 56.5 Å². The van der Waals surface area contributed by atoms with Gasteiger partial charge in [-0.15, -0.1) is 10.2 Å². The Labute approximate surface area is 137 Å². The third-order valence-electron chi connectivity index (χ3n) is 3.42. The molecular weight excluding hydrogens is 294 g/mol. The first-order valence-electron chi connectivity index (χ1n) is 7.69. The van der Waals surface area contributed by atoms with E-state index in [1.54, 1.807) is 11.8 Å². The van der Waals surface area contributed by atoms with Crippen LogP contribution in [0, 0.1) is 6.92 Å². The number of hydrogen-bond donors (Lipinski definition) is 0. The number of hydrogen-bond acceptors (Lipinski definition) is 5. The summed E-state index contributed by atoms with van der Waals surface area (Å²) < 4.78 is 2.10. The van der Waals surface area contributed by atoms with Crippen LogP contribution in [0.15, 0.2) is 16.2 Å². The van der Waals surface area contributed by atoms with Gasteiger partial charge in [-0.3, -0.25) is 0 Å². The van der Waals surface area contributed by atoms with Crippen molar-refractivity contribution in [1.82, 2.24) is 24.7 Å². The molecule has 0 spiro atoms. The fourth-order valence-corrected chi connectivity index (χ4v) is 2.98. The van der Waals surface area contributed by atoms with Gasteiger partial charge in [0.25, 0.3) is 0 Å². The van der Waals surface area contributed by atoms with E-state index in [1.165, 1.54) is 0 Å². The summed E-state index contributed by atoms with van der Waals surface area (Å²) in [5.41, 5.74) is 1.06. The van der Waals surface area contributed by atoms with Crippen molar-refractivity contribution in [1.29, 1.82) is 0 Å². The van der Waals surface area contributed by atoms with Gasteiger partial charge in [-0.1, -0.05) is 34.6 Å². The predicted octanol–water partition coefficient (Wildman–Crippen LogP) is 3.97. The van der Waals surface area contributed by atoms with Crippen LogP contribution in [-0.2, 0) is 12.0 Å². The van der Waals surface area contributed by atoms with E-state index in [2.05, 4.69) is 62.4 Å². The molecule has 0 bridgehead atoms. The van der Waals surface area contributed by atoms with Crippen molar-refractivity contribution in [2.24, 2.45) is 0 Å². The quantitative estimate of drug-likeness (QED) is 0.798. The van der Waals surface area contributed by atoms with E-state index in [4.69, 9.17) is 9.97 Å². The van der Waals surface area contributed by atoms with E-state index < -0.39 is 0 Å². The maximum Gasteiger partial charge on any atom is 0.197 e. The summed E-state index contributed by atoms with van der Waals surface area (Å²) in [5.74, 6) is 2.11. The largest absolute Gasteiger partial charge is 0.306 e. The normalized spacial score (nSPS) is 12.2. The average Bonchev–Trinajstić information content (AvgIpc) is 2.77. The molecule has 2 aromatic rings. The smallest absolute Gasteiger partial charge is 0.197 e. The number of aromatic nitrogens is 5. The van der Waals surface area contributed by atoms with Crippen LogP contribution >= 0.6 is 11.8 Å². The molecule has 120 valence electrons. The van der Waals surface area contributed by atoms with E-state index in [0.717, 1.165) is 34.1 Å². The minimum atomic E-state index is -0.00373. The van der Waals surface area contributed by atoms with Gasteiger partial charge in [0.05, 0.1) is 5.69 Å². The summed E-state index contributed by atoms with van der Waals surface area (Å²) in [7, 11) is 0. The summed E-state index contributed by atoms with van der Waals surface area (Å²) in [4.78, 5) is 9.42. The van der Waals surface area contributed by atoms with Crippen LogP contribution in [0.2, 0.25) is 0 Å². The average molecular weight is 319 g/mol. The number of aryl methyl sites for hydroxylation is 1. The Morgan fingerprint density at radius 3 is 2.41 bits per heavy atom. The molecule has 0 amide bonds. The Kier molecular flexibility index (Phi) is 4.90. The van der Waals surface area contributed by atoms with E-state index in [0.29, 0.717) is 5.92 Å². The second-order valence-electron chi connectivity index (χ2n) is 6.73. The predicted molar refractivity (Wildman–Crippen MR) is 89.4 cm³/mol. The van der Waals surface area contributed by atoms with Crippen molar-refractivity contribution < 1.29 is 0 Å². The molecule has 0 aliphatic carbocycles. The zero-order chi connectivity index (χ0) is 16.5. The molecule has 2 rings (SSSR count). The van der Waals surface area contributed by atoms with Crippen LogP contribution in [-0.4, -0.2) is 24.7 Å². The lowest BCUT2D eigenvalue weighted by Gasteiger charge is -2.20. The lowest BCUT2D eigenvalue weighted by atomic mass is 9.92. The first kappa shape index (κ1) is 16.9. The van der Waals surface area contributed by atoms with E-state index >= 15 is 0 Å². The van der Waals surface area contributed by atoms with Gasteiger partial charge < -0.3 is 4.57 Å². The summed E-state index contributed by atoms with van der Waals surface area (Å²) >= 11 is 1.56. The fourth-order valence-electron chi connectivity index (χ4n) is 2.03. The monoisotopic (exact) mass is 319 g/mol. The molecule has 0 saturated carbocycles. The highest BCUT2D eigenvalue weighted by Crippen LogP contribution is 2.30. The van der Waals surface area contributed by atoms with Gasteiger partial charge in [0.1, 0.15) is 16.7 Å². The Morgan fingerprint density at radius 1 is 1.18 bits per heavy atom. The zero-order valence-electron chi connectivity index (χ0n) is 14.5. The number of nitrogens with zero attached hydrogens (tertiary/aromatic N) is 5. The van der Waals surface area contributed by atoms with Crippen LogP contribution in [0.3, 0.4) is 0 Å². The molecule has 22 heavy (non-hydrogen) atoms. The first-order chi connectivity index (χ1) is 10.2. The highest BCUT2D eigenvalue weighted by Gasteiger charge is 2.20. The first-order valence-corrected chi connectivity index (χ1v) is 8.51. The Morgan fingerprint density at radius 2 is 1.86 bits per heavy atom. The van der Waals surface area contributed by atoms with E-state index in [1.807, 2.05) is 6.92 Å². The molecule has 0 saturated heterocycles. The highest BCUT2D eigenvalue weighted by atomic mass is 32.2. The maximum absolute atomic E-state index is 4.73. The van der Waals surface area contributed by atoms with Crippen molar-refractivity contribution in [3.8, 4) is 0 Å². The molecular formula is C16H25N5S. The SMILES string of the molecule is CCn1c(C)nnc1Sc1cc(C(C)(C)C)nc(C(C)C)n1. The Bertz CT molecular complexity index is 655. The van der Waals surface area contributed by atoms with Gasteiger partial charge in [0, 0.05) is 17.9 Å². The van der Waals surface area contributed by atoms with Gasteiger partial charge in [-0.05, 0) is 31.7 Å². The molecule has 0 N–H and O–H groups in total. The van der Waals surface area contributed by atoms with Crippen molar-refractivity contribution in [3.05, 3.63) is 23.4 Å². The molecule has 0 radical (unpaired) electrons. The minimum Gasteiger partial charge on any atom is -0.306 e. The van der Waals surface area contributed by atoms with E-state index in [9.17, 15) is 0 Å². The maximum atomic E-state index is 4.73. The molecule has 0 atom stereocenters. The molecule has 0 unspecified atom stereocenters. The third-order valence-corrected chi connectivity index (χ3v) is 4.32. The zero-order valence-corrected chi connectivity index (χ0v) is 15.3. The van der Waals surface area contributed by atoms with Crippen molar-refractivity contribution in [2.75, 3.05) is 0 Å². The standard InChI is InChI=1S/C16H25N5S/c1-8-21-11(4)19-20-15(21)22-13-9-12(16(5,6)7)17-14(18-13)10(2)3/h9-10H,8H2,1-7H3. The molecule has 6 heteroatoms. The van der Waals surface area contributed by atoms with Gasteiger partial charge in [-0.25, -0.2) is 9.97 Å². The van der Waals surface area contributed by atoms with Crippen molar-refractivity contribution >= 4 is 11.8 Å². The third kappa shape index (κ3) is 3.66. The second kappa shape index (κ2) is 6.36. The highest BCUT2D eigenvalue weighted by molar-refractivity contribution is 7.99. The minimum absolute atomic E-state index is 0.00373. The van der Waals surface area contributed by atoms with Gasteiger partial charge in [0.2, 0.25) is 0 Å². The van der Waals surface area contributed by atoms with Gasteiger partial charge in [0.15, 0.2) is 5.16 Å². The molecule has 0 fully saturated rings. The lowest BCUT2D eigenvalue weighted by Crippen LogP contribution is -2.16. The van der Waals surface area contributed by atoms with Crippen LogP contribution in [0.1, 0.15) is 64.8 Å². The molecule has 5 nitrogen and oxygen atoms in total. The van der Waals surface area contributed by atoms with Crippen molar-refractivity contribution in [3.63, 3.8) is 0 Å². The summed E-state index contributed by atoms with van der Waals surface area (Å²) in [6, 6.07) is 2.07.